The Labute approximate surface area is 100 Å². The third kappa shape index (κ3) is 2.30. The van der Waals surface area contributed by atoms with Gasteiger partial charge in [0.15, 0.2) is 0 Å². The van der Waals surface area contributed by atoms with Crippen molar-refractivity contribution in [1.29, 1.82) is 0 Å². The van der Waals surface area contributed by atoms with E-state index in [1.807, 2.05) is 11.8 Å². The molecule has 2 rings (SSSR count). The Hall–Kier alpha value is -0.810. The summed E-state index contributed by atoms with van der Waals surface area (Å²) in [5.41, 5.74) is 0.760. The summed E-state index contributed by atoms with van der Waals surface area (Å²) in [6.07, 6.45) is 3.39. The zero-order valence-electron chi connectivity index (χ0n) is 9.63. The van der Waals surface area contributed by atoms with E-state index in [9.17, 15) is 0 Å². The lowest BCUT2D eigenvalue weighted by atomic mass is 10.2. The Morgan fingerprint density at radius 3 is 2.75 bits per heavy atom. The van der Waals surface area contributed by atoms with E-state index in [4.69, 9.17) is 5.11 Å². The number of aromatic nitrogens is 2. The van der Waals surface area contributed by atoms with Gasteiger partial charge in [-0.3, -0.25) is 0 Å². The molecule has 88 valence electrons. The van der Waals surface area contributed by atoms with E-state index in [-0.39, 0.29) is 6.61 Å². The highest BCUT2D eigenvalue weighted by atomic mass is 32.2. The molecule has 5 heteroatoms. The van der Waals surface area contributed by atoms with Crippen LogP contribution in [-0.4, -0.2) is 38.7 Å². The summed E-state index contributed by atoms with van der Waals surface area (Å²) in [7, 11) is 0. The summed E-state index contributed by atoms with van der Waals surface area (Å²) in [6, 6.07) is 0.457. The molecule has 0 radical (unpaired) electrons. The summed E-state index contributed by atoms with van der Waals surface area (Å²) in [6.45, 7) is 5.44. The van der Waals surface area contributed by atoms with Gasteiger partial charge >= 0.3 is 0 Å². The highest BCUT2D eigenvalue weighted by Crippen LogP contribution is 2.26. The molecule has 2 atom stereocenters. The third-order valence-corrected chi connectivity index (χ3v) is 4.35. The zero-order chi connectivity index (χ0) is 11.5. The molecular formula is C11H17N3OS. The van der Waals surface area contributed by atoms with Gasteiger partial charge in [0.1, 0.15) is 0 Å². The van der Waals surface area contributed by atoms with Crippen LogP contribution in [0.3, 0.4) is 0 Å². The van der Waals surface area contributed by atoms with Crippen molar-refractivity contribution >= 4 is 17.7 Å². The van der Waals surface area contributed by atoms with Crippen molar-refractivity contribution in [3.8, 4) is 0 Å². The van der Waals surface area contributed by atoms with Crippen molar-refractivity contribution in [2.24, 2.45) is 0 Å². The van der Waals surface area contributed by atoms with Crippen molar-refractivity contribution in [2.45, 2.75) is 31.7 Å². The predicted molar refractivity (Wildman–Crippen MR) is 66.7 cm³/mol. The Kier molecular flexibility index (Phi) is 3.66. The summed E-state index contributed by atoms with van der Waals surface area (Å²) < 4.78 is 0. The molecule has 4 nitrogen and oxygen atoms in total. The Bertz CT molecular complexity index is 344. The molecule has 0 saturated carbocycles. The van der Waals surface area contributed by atoms with Gasteiger partial charge in [0, 0.05) is 41.5 Å². The van der Waals surface area contributed by atoms with Crippen molar-refractivity contribution < 1.29 is 5.11 Å². The van der Waals surface area contributed by atoms with Gasteiger partial charge < -0.3 is 10.0 Å². The number of hydrogen-bond acceptors (Lipinski definition) is 5. The van der Waals surface area contributed by atoms with E-state index in [1.54, 1.807) is 12.4 Å². The number of anilines is 1. The standard InChI is InChI=1S/C11H17N3OS/c1-8-9(2)16-4-3-14(8)11-12-5-10(7-15)6-13-11/h5-6,8-9,15H,3-4,7H2,1-2H3. The number of nitrogens with zero attached hydrogens (tertiary/aromatic N) is 3. The second-order valence-corrected chi connectivity index (χ2v) is 5.54. The molecule has 1 aromatic rings. The maximum absolute atomic E-state index is 8.94. The zero-order valence-corrected chi connectivity index (χ0v) is 10.4. The number of aliphatic hydroxyl groups excluding tert-OH is 1. The second kappa shape index (κ2) is 5.01. The molecule has 16 heavy (non-hydrogen) atoms. The largest absolute Gasteiger partial charge is 0.392 e. The van der Waals surface area contributed by atoms with E-state index >= 15 is 0 Å². The maximum Gasteiger partial charge on any atom is 0.225 e. The molecular weight excluding hydrogens is 222 g/mol. The van der Waals surface area contributed by atoms with Crippen LogP contribution in [0.5, 0.6) is 0 Å². The maximum atomic E-state index is 8.94. The first-order valence-corrected chi connectivity index (χ1v) is 6.57. The quantitative estimate of drug-likeness (QED) is 0.843. The molecule has 2 unspecified atom stereocenters. The Morgan fingerprint density at radius 2 is 2.12 bits per heavy atom. The van der Waals surface area contributed by atoms with E-state index in [0.717, 1.165) is 23.8 Å². The van der Waals surface area contributed by atoms with Gasteiger partial charge in [-0.25, -0.2) is 9.97 Å². The van der Waals surface area contributed by atoms with Crippen molar-refractivity contribution in [3.63, 3.8) is 0 Å². The first-order chi connectivity index (χ1) is 7.72. The van der Waals surface area contributed by atoms with Gasteiger partial charge in [-0.2, -0.15) is 11.8 Å². The van der Waals surface area contributed by atoms with Crippen LogP contribution in [0, 0.1) is 0 Å². The van der Waals surface area contributed by atoms with Crippen LogP contribution in [-0.2, 0) is 6.61 Å². The van der Waals surface area contributed by atoms with Crippen LogP contribution in [0.15, 0.2) is 12.4 Å². The summed E-state index contributed by atoms with van der Waals surface area (Å²) in [5, 5.41) is 9.54. The molecule has 1 N–H and O–H groups in total. The van der Waals surface area contributed by atoms with Crippen molar-refractivity contribution in [2.75, 3.05) is 17.2 Å². The van der Waals surface area contributed by atoms with Crippen LogP contribution in [0.1, 0.15) is 19.4 Å². The lowest BCUT2D eigenvalue weighted by Crippen LogP contribution is -2.45. The normalized spacial score (nSPS) is 25.8. The fourth-order valence-corrected chi connectivity index (χ4v) is 2.89. The molecule has 1 saturated heterocycles. The summed E-state index contributed by atoms with van der Waals surface area (Å²) in [5.74, 6) is 1.90. The van der Waals surface area contributed by atoms with Crippen LogP contribution in [0.2, 0.25) is 0 Å². The van der Waals surface area contributed by atoms with Gasteiger partial charge in [-0.05, 0) is 6.92 Å². The van der Waals surface area contributed by atoms with Crippen molar-refractivity contribution in [3.05, 3.63) is 18.0 Å². The van der Waals surface area contributed by atoms with Gasteiger partial charge in [0.05, 0.1) is 6.61 Å². The number of hydrogen-bond donors (Lipinski definition) is 1. The lowest BCUT2D eigenvalue weighted by Gasteiger charge is -2.37. The first kappa shape index (κ1) is 11.7. The highest BCUT2D eigenvalue weighted by molar-refractivity contribution is 8.00. The number of aliphatic hydroxyl groups is 1. The molecule has 1 aromatic heterocycles. The second-order valence-electron chi connectivity index (χ2n) is 4.06. The summed E-state index contributed by atoms with van der Waals surface area (Å²) in [4.78, 5) is 10.8. The minimum Gasteiger partial charge on any atom is -0.392 e. The van der Waals surface area contributed by atoms with Crippen LogP contribution in [0.25, 0.3) is 0 Å². The van der Waals surface area contributed by atoms with Crippen LogP contribution >= 0.6 is 11.8 Å². The molecule has 1 fully saturated rings. The summed E-state index contributed by atoms with van der Waals surface area (Å²) >= 11 is 2.00. The minimum absolute atomic E-state index is 0.00207. The third-order valence-electron chi connectivity index (χ3n) is 3.02. The fraction of sp³-hybridized carbons (Fsp3) is 0.636. The SMILES string of the molecule is CC1SCCN(c2ncc(CO)cn2)C1C. The topological polar surface area (TPSA) is 49.2 Å². The first-order valence-electron chi connectivity index (χ1n) is 5.52. The molecule has 1 aliphatic rings. The molecule has 2 heterocycles. The minimum atomic E-state index is 0.00207. The number of rotatable bonds is 2. The smallest absolute Gasteiger partial charge is 0.225 e. The van der Waals surface area contributed by atoms with Gasteiger partial charge in [-0.15, -0.1) is 0 Å². The average molecular weight is 239 g/mol. The molecule has 0 amide bonds. The van der Waals surface area contributed by atoms with Crippen molar-refractivity contribution in [1.82, 2.24) is 9.97 Å². The Balaban J connectivity index is 2.15. The number of thioether (sulfide) groups is 1. The van der Waals surface area contributed by atoms with Gasteiger partial charge in [-0.1, -0.05) is 6.92 Å². The molecule has 0 aliphatic carbocycles. The molecule has 0 aromatic carbocycles. The van der Waals surface area contributed by atoms with Gasteiger partial charge in [0.25, 0.3) is 0 Å². The monoisotopic (exact) mass is 239 g/mol. The predicted octanol–water partition coefficient (Wildman–Crippen LogP) is 1.30. The van der Waals surface area contributed by atoms with E-state index in [0.29, 0.717) is 11.3 Å². The molecule has 0 bridgehead atoms. The average Bonchev–Trinajstić information content (AvgIpc) is 2.33. The Morgan fingerprint density at radius 1 is 1.44 bits per heavy atom. The van der Waals surface area contributed by atoms with E-state index in [2.05, 4.69) is 28.7 Å². The fourth-order valence-electron chi connectivity index (χ4n) is 1.79. The van der Waals surface area contributed by atoms with Crippen LogP contribution in [0.4, 0.5) is 5.95 Å². The van der Waals surface area contributed by atoms with E-state index < -0.39 is 0 Å². The van der Waals surface area contributed by atoms with Crippen LogP contribution < -0.4 is 4.90 Å². The highest BCUT2D eigenvalue weighted by Gasteiger charge is 2.26. The van der Waals surface area contributed by atoms with E-state index in [1.165, 1.54) is 0 Å². The molecule has 1 aliphatic heterocycles. The molecule has 0 spiro atoms. The van der Waals surface area contributed by atoms with Gasteiger partial charge in [0.2, 0.25) is 5.95 Å². The lowest BCUT2D eigenvalue weighted by molar-refractivity contribution is 0.281.